The molecule has 0 aliphatic carbocycles. The van der Waals surface area contributed by atoms with E-state index in [4.69, 9.17) is 5.11 Å². The number of hydrogen-bond acceptors (Lipinski definition) is 8. The van der Waals surface area contributed by atoms with Gasteiger partial charge in [0.2, 0.25) is 5.91 Å². The molecule has 1 aliphatic heterocycles. The molecule has 1 fully saturated rings. The first kappa shape index (κ1) is 22.6. The van der Waals surface area contributed by atoms with Crippen molar-refractivity contribution in [2.24, 2.45) is 0 Å². The molecular formula is C20H20F3N7O3. The summed E-state index contributed by atoms with van der Waals surface area (Å²) in [5.74, 6) is -0.233. The first-order valence-corrected chi connectivity index (χ1v) is 9.92. The molecule has 0 radical (unpaired) electrons. The summed E-state index contributed by atoms with van der Waals surface area (Å²) >= 11 is 0. The van der Waals surface area contributed by atoms with Crippen LogP contribution in [0.3, 0.4) is 0 Å². The topological polar surface area (TPSA) is 129 Å². The number of β-amino-alcohol motifs (C(OH)–C–C–N with tert-alkyl or cyclic N) is 1. The molecule has 1 aliphatic rings. The summed E-state index contributed by atoms with van der Waals surface area (Å²) in [4.78, 5) is 21.3. The molecule has 1 saturated heterocycles. The maximum atomic E-state index is 13.0. The molecule has 3 aromatic heterocycles. The van der Waals surface area contributed by atoms with E-state index >= 15 is 0 Å². The number of aromatic nitrogens is 5. The lowest BCUT2D eigenvalue weighted by Crippen LogP contribution is -2.31. The van der Waals surface area contributed by atoms with Crippen LogP contribution >= 0.6 is 0 Å². The number of aliphatic hydroxyl groups is 2. The molecule has 174 valence electrons. The average molecular weight is 463 g/mol. The smallest absolute Gasteiger partial charge is 0.389 e. The lowest BCUT2D eigenvalue weighted by molar-refractivity contribution is -0.137. The van der Waals surface area contributed by atoms with Gasteiger partial charge in [-0.2, -0.15) is 13.2 Å². The Bertz CT molecular complexity index is 1170. The van der Waals surface area contributed by atoms with Crippen LogP contribution in [0.4, 0.5) is 24.8 Å². The Balaban J connectivity index is 1.56. The van der Waals surface area contributed by atoms with Gasteiger partial charge in [0.25, 0.3) is 0 Å². The minimum Gasteiger partial charge on any atom is -0.389 e. The SMILES string of the molecule is Cc1cc(Nc2cc(C(F)(F)F)ccn2)nc(-c2cn([C@@H]3CN(C(=O)CO)C[C@H]3O)nn2)c1. The van der Waals surface area contributed by atoms with Crippen molar-refractivity contribution in [2.75, 3.05) is 25.0 Å². The Morgan fingerprint density at radius 3 is 2.73 bits per heavy atom. The van der Waals surface area contributed by atoms with Gasteiger partial charge >= 0.3 is 6.18 Å². The number of nitrogens with zero attached hydrogens (tertiary/aromatic N) is 6. The van der Waals surface area contributed by atoms with E-state index in [1.807, 2.05) is 0 Å². The maximum Gasteiger partial charge on any atom is 0.416 e. The monoisotopic (exact) mass is 463 g/mol. The maximum absolute atomic E-state index is 13.0. The molecule has 0 unspecified atom stereocenters. The van der Waals surface area contributed by atoms with E-state index in [-0.39, 0.29) is 24.7 Å². The number of anilines is 2. The molecule has 4 rings (SSSR count). The van der Waals surface area contributed by atoms with Crippen LogP contribution in [-0.2, 0) is 11.0 Å². The Kier molecular flexibility index (Phi) is 5.99. The van der Waals surface area contributed by atoms with Crippen LogP contribution in [0, 0.1) is 6.92 Å². The second kappa shape index (κ2) is 8.75. The van der Waals surface area contributed by atoms with E-state index in [0.29, 0.717) is 11.4 Å². The summed E-state index contributed by atoms with van der Waals surface area (Å²) in [7, 11) is 0. The summed E-state index contributed by atoms with van der Waals surface area (Å²) in [6.07, 6.45) is -2.75. The van der Waals surface area contributed by atoms with Gasteiger partial charge in [-0.3, -0.25) is 4.79 Å². The minimum atomic E-state index is -4.49. The zero-order valence-corrected chi connectivity index (χ0v) is 17.4. The van der Waals surface area contributed by atoms with E-state index in [2.05, 4.69) is 25.6 Å². The number of pyridine rings is 2. The van der Waals surface area contributed by atoms with Gasteiger partial charge in [-0.15, -0.1) is 5.10 Å². The van der Waals surface area contributed by atoms with Crippen LogP contribution in [0.15, 0.2) is 36.7 Å². The van der Waals surface area contributed by atoms with Gasteiger partial charge in [0.15, 0.2) is 0 Å². The number of rotatable bonds is 5. The highest BCUT2D eigenvalue weighted by molar-refractivity contribution is 5.77. The van der Waals surface area contributed by atoms with E-state index < -0.39 is 36.4 Å². The van der Waals surface area contributed by atoms with E-state index in [1.54, 1.807) is 25.3 Å². The van der Waals surface area contributed by atoms with E-state index in [0.717, 1.165) is 23.9 Å². The van der Waals surface area contributed by atoms with Gasteiger partial charge in [0, 0.05) is 19.3 Å². The summed E-state index contributed by atoms with van der Waals surface area (Å²) in [6, 6.07) is 4.60. The number of nitrogens with one attached hydrogen (secondary N) is 1. The third-order valence-electron chi connectivity index (χ3n) is 5.17. The van der Waals surface area contributed by atoms with Gasteiger partial charge in [-0.25, -0.2) is 14.6 Å². The summed E-state index contributed by atoms with van der Waals surface area (Å²) in [6.45, 7) is 1.38. The second-order valence-electron chi connectivity index (χ2n) is 7.64. The van der Waals surface area contributed by atoms with Crippen LogP contribution in [0.25, 0.3) is 11.4 Å². The van der Waals surface area contributed by atoms with Crippen LogP contribution in [0.5, 0.6) is 0 Å². The van der Waals surface area contributed by atoms with Gasteiger partial charge in [-0.1, -0.05) is 5.21 Å². The second-order valence-corrected chi connectivity index (χ2v) is 7.64. The van der Waals surface area contributed by atoms with Crippen molar-refractivity contribution in [1.29, 1.82) is 0 Å². The van der Waals surface area contributed by atoms with Crippen LogP contribution in [0.2, 0.25) is 0 Å². The molecular weight excluding hydrogens is 443 g/mol. The molecule has 10 nitrogen and oxygen atoms in total. The highest BCUT2D eigenvalue weighted by Gasteiger charge is 2.36. The standard InChI is InChI=1S/C20H20F3N7O3/c1-11-4-13(25-18(5-11)26-17-6-12(2-3-24-17)20(21,22)23)14-7-30(28-27-14)15-8-29(9-16(15)32)19(33)10-31/h2-7,15-16,31-32H,8-10H2,1H3,(H,24,25,26)/t15-,16-/m1/s1. The van der Waals surface area contributed by atoms with Crippen molar-refractivity contribution < 1.29 is 28.2 Å². The third kappa shape index (κ3) is 4.93. The summed E-state index contributed by atoms with van der Waals surface area (Å²) < 4.78 is 40.3. The first-order valence-electron chi connectivity index (χ1n) is 9.92. The van der Waals surface area contributed by atoms with Crippen LogP contribution in [0.1, 0.15) is 17.2 Å². The molecule has 1 amide bonds. The fourth-order valence-corrected chi connectivity index (χ4v) is 3.56. The van der Waals surface area contributed by atoms with Crippen molar-refractivity contribution in [1.82, 2.24) is 29.9 Å². The van der Waals surface area contributed by atoms with Crippen molar-refractivity contribution >= 4 is 17.5 Å². The van der Waals surface area contributed by atoms with E-state index in [1.165, 1.54) is 9.58 Å². The van der Waals surface area contributed by atoms with Crippen molar-refractivity contribution in [3.8, 4) is 11.4 Å². The van der Waals surface area contributed by atoms with Gasteiger partial charge in [0.1, 0.15) is 23.9 Å². The molecule has 0 saturated carbocycles. The number of alkyl halides is 3. The number of carbonyl (C=O) groups is 1. The summed E-state index contributed by atoms with van der Waals surface area (Å²) in [5, 5.41) is 30.2. The fourth-order valence-electron chi connectivity index (χ4n) is 3.56. The van der Waals surface area contributed by atoms with Crippen molar-refractivity contribution in [3.05, 3.63) is 47.8 Å². The molecule has 2 atom stereocenters. The zero-order valence-electron chi connectivity index (χ0n) is 17.4. The van der Waals surface area contributed by atoms with Gasteiger partial charge < -0.3 is 20.4 Å². The van der Waals surface area contributed by atoms with E-state index in [9.17, 15) is 23.1 Å². The minimum absolute atomic E-state index is 0.0137. The first-order chi connectivity index (χ1) is 15.6. The lowest BCUT2D eigenvalue weighted by atomic mass is 10.2. The number of amides is 1. The fraction of sp³-hybridized carbons (Fsp3) is 0.350. The number of aliphatic hydroxyl groups excluding tert-OH is 2. The summed E-state index contributed by atoms with van der Waals surface area (Å²) in [5.41, 5.74) is 0.716. The number of halogens is 3. The van der Waals surface area contributed by atoms with Gasteiger partial charge in [0.05, 0.1) is 29.6 Å². The van der Waals surface area contributed by atoms with Crippen LogP contribution < -0.4 is 5.32 Å². The molecule has 3 aromatic rings. The molecule has 13 heteroatoms. The Morgan fingerprint density at radius 2 is 2.00 bits per heavy atom. The Morgan fingerprint density at radius 1 is 1.21 bits per heavy atom. The highest BCUT2D eigenvalue weighted by Crippen LogP contribution is 2.31. The molecule has 33 heavy (non-hydrogen) atoms. The van der Waals surface area contributed by atoms with Crippen molar-refractivity contribution in [3.63, 3.8) is 0 Å². The third-order valence-corrected chi connectivity index (χ3v) is 5.17. The number of likely N-dealkylation sites (tertiary alicyclic amines) is 1. The molecule has 0 spiro atoms. The largest absolute Gasteiger partial charge is 0.416 e. The number of hydrogen-bond donors (Lipinski definition) is 3. The Labute approximate surface area is 185 Å². The normalized spacial score (nSPS) is 18.5. The predicted octanol–water partition coefficient (Wildman–Crippen LogP) is 1.54. The number of aryl methyl sites for hydroxylation is 1. The highest BCUT2D eigenvalue weighted by atomic mass is 19.4. The van der Waals surface area contributed by atoms with Crippen molar-refractivity contribution in [2.45, 2.75) is 25.2 Å². The number of carbonyl (C=O) groups excluding carboxylic acids is 1. The Hall–Kier alpha value is -3.58. The predicted molar refractivity (Wildman–Crippen MR) is 109 cm³/mol. The molecule has 0 bridgehead atoms. The quantitative estimate of drug-likeness (QED) is 0.520. The molecule has 4 heterocycles. The molecule has 0 aromatic carbocycles. The molecule has 3 N–H and O–H groups in total. The zero-order chi connectivity index (χ0) is 23.8. The lowest BCUT2D eigenvalue weighted by Gasteiger charge is -2.14. The van der Waals surface area contributed by atoms with Crippen LogP contribution in [-0.4, -0.2) is 71.8 Å². The van der Waals surface area contributed by atoms with Gasteiger partial charge in [-0.05, 0) is 36.8 Å². The average Bonchev–Trinajstić information content (AvgIpc) is 3.39.